The number of ether oxygens (including phenoxy) is 1. The molecule has 5 nitrogen and oxygen atoms in total. The third kappa shape index (κ3) is 3.68. The summed E-state index contributed by atoms with van der Waals surface area (Å²) < 4.78 is 5.31. The van der Waals surface area contributed by atoms with E-state index in [1.54, 1.807) is 0 Å². The van der Waals surface area contributed by atoms with E-state index in [0.29, 0.717) is 50.2 Å². The number of hydrogen-bond donors (Lipinski definition) is 1. The molecule has 0 radical (unpaired) electrons. The Morgan fingerprint density at radius 1 is 1.07 bits per heavy atom. The number of alkyl halides is 1. The zero-order valence-corrected chi connectivity index (χ0v) is 17.5. The van der Waals surface area contributed by atoms with E-state index < -0.39 is 0 Å². The maximum absolute atomic E-state index is 13.2. The van der Waals surface area contributed by atoms with E-state index >= 15 is 0 Å². The van der Waals surface area contributed by atoms with Gasteiger partial charge in [-0.25, -0.2) is 0 Å². The van der Waals surface area contributed by atoms with Crippen LogP contribution in [0.1, 0.15) is 54.4 Å². The zero-order valence-electron chi connectivity index (χ0n) is 16.8. The van der Waals surface area contributed by atoms with Gasteiger partial charge in [-0.3, -0.25) is 9.59 Å². The normalized spacial score (nSPS) is 35.6. The molecule has 1 N–H and O–H groups in total. The van der Waals surface area contributed by atoms with Crippen molar-refractivity contribution in [2.45, 2.75) is 49.9 Å². The maximum atomic E-state index is 13.2. The molecule has 5 aliphatic rings. The van der Waals surface area contributed by atoms with Crippen LogP contribution >= 0.6 is 11.6 Å². The first kappa shape index (κ1) is 19.4. The second-order valence-corrected chi connectivity index (χ2v) is 10.5. The lowest BCUT2D eigenvalue weighted by Gasteiger charge is -2.59. The number of carbonyl (C=O) groups is 2. The number of carbonyl (C=O) groups excluding carboxylic acids is 2. The quantitative estimate of drug-likeness (QED) is 0.766. The third-order valence-corrected chi connectivity index (χ3v) is 7.87. The van der Waals surface area contributed by atoms with Crippen molar-refractivity contribution < 1.29 is 14.3 Å². The van der Waals surface area contributed by atoms with Crippen LogP contribution in [0.4, 0.5) is 0 Å². The lowest BCUT2D eigenvalue weighted by molar-refractivity contribution is -0.144. The van der Waals surface area contributed by atoms with Gasteiger partial charge in [0.05, 0.1) is 18.6 Å². The Bertz CT molecular complexity index is 789. The smallest absolute Gasteiger partial charge is 0.254 e. The predicted molar refractivity (Wildman–Crippen MR) is 111 cm³/mol. The van der Waals surface area contributed by atoms with Crippen LogP contribution in [0.3, 0.4) is 0 Å². The average molecular weight is 417 g/mol. The zero-order chi connectivity index (χ0) is 20.1. The number of amides is 2. The second-order valence-electron chi connectivity index (χ2n) is 9.68. The van der Waals surface area contributed by atoms with E-state index in [4.69, 9.17) is 16.3 Å². The van der Waals surface area contributed by atoms with Gasteiger partial charge in [-0.2, -0.15) is 0 Å². The predicted octanol–water partition coefficient (Wildman–Crippen LogP) is 3.35. The van der Waals surface area contributed by atoms with Crippen LogP contribution in [0.25, 0.3) is 0 Å². The molecule has 1 saturated heterocycles. The Hall–Kier alpha value is -1.59. The first-order chi connectivity index (χ1) is 13.9. The lowest BCUT2D eigenvalue weighted by atomic mass is 9.49. The molecule has 4 bridgehead atoms. The van der Waals surface area contributed by atoms with Gasteiger partial charge < -0.3 is 15.0 Å². The van der Waals surface area contributed by atoms with Crippen molar-refractivity contribution in [2.24, 2.45) is 17.3 Å². The number of nitrogens with one attached hydrogen (secondary N) is 1. The topological polar surface area (TPSA) is 58.6 Å². The molecule has 0 aromatic heterocycles. The molecule has 0 unspecified atom stereocenters. The molecule has 6 heteroatoms. The fraction of sp³-hybridized carbons (Fsp3) is 0.652. The molecule has 1 aliphatic heterocycles. The molecule has 156 valence electrons. The van der Waals surface area contributed by atoms with Crippen LogP contribution in [0.2, 0.25) is 0 Å². The first-order valence-electron chi connectivity index (χ1n) is 10.9. The lowest BCUT2D eigenvalue weighted by Crippen LogP contribution is -2.58. The maximum Gasteiger partial charge on any atom is 0.254 e. The number of benzene rings is 1. The third-order valence-electron chi connectivity index (χ3n) is 7.42. The average Bonchev–Trinajstić information content (AvgIpc) is 2.70. The Morgan fingerprint density at radius 3 is 2.34 bits per heavy atom. The molecular formula is C23H29ClN2O3. The number of halogens is 1. The van der Waals surface area contributed by atoms with Gasteiger partial charge in [0.15, 0.2) is 0 Å². The van der Waals surface area contributed by atoms with Crippen molar-refractivity contribution >= 4 is 23.4 Å². The van der Waals surface area contributed by atoms with Crippen molar-refractivity contribution in [3.8, 4) is 0 Å². The summed E-state index contributed by atoms with van der Waals surface area (Å²) in [4.78, 5) is 27.4. The number of hydrogen-bond acceptors (Lipinski definition) is 3. The van der Waals surface area contributed by atoms with E-state index in [-0.39, 0.29) is 22.1 Å². The largest absolute Gasteiger partial charge is 0.378 e. The van der Waals surface area contributed by atoms with Crippen molar-refractivity contribution in [3.63, 3.8) is 0 Å². The highest BCUT2D eigenvalue weighted by Crippen LogP contribution is 2.63. The SMILES string of the molecule is O=C(c1ccc(CNC(=O)C23C[C@H]4C[C@@H](CC(Cl)(C4)C2)C3)cc1)N1CCOCC1. The molecule has 2 amide bonds. The van der Waals surface area contributed by atoms with Crippen molar-refractivity contribution in [2.75, 3.05) is 26.3 Å². The van der Waals surface area contributed by atoms with Crippen LogP contribution in [0, 0.1) is 17.3 Å². The van der Waals surface area contributed by atoms with Crippen molar-refractivity contribution in [1.29, 1.82) is 0 Å². The van der Waals surface area contributed by atoms with Gasteiger partial charge >= 0.3 is 0 Å². The number of nitrogens with zero attached hydrogens (tertiary/aromatic N) is 1. The van der Waals surface area contributed by atoms with Gasteiger partial charge in [0.25, 0.3) is 5.91 Å². The summed E-state index contributed by atoms with van der Waals surface area (Å²) in [6, 6.07) is 7.60. The fourth-order valence-corrected chi connectivity index (χ4v) is 7.19. The Labute approximate surface area is 177 Å². The summed E-state index contributed by atoms with van der Waals surface area (Å²) in [5.41, 5.74) is 1.44. The van der Waals surface area contributed by atoms with E-state index in [9.17, 15) is 9.59 Å². The highest BCUT2D eigenvalue weighted by Gasteiger charge is 2.59. The van der Waals surface area contributed by atoms with E-state index in [1.165, 1.54) is 6.42 Å². The number of rotatable bonds is 4. The van der Waals surface area contributed by atoms with Gasteiger partial charge in [-0.1, -0.05) is 12.1 Å². The van der Waals surface area contributed by atoms with Gasteiger partial charge in [0.1, 0.15) is 0 Å². The Balaban J connectivity index is 1.20. The summed E-state index contributed by atoms with van der Waals surface area (Å²) in [5, 5.41) is 3.18. The summed E-state index contributed by atoms with van der Waals surface area (Å²) in [5.74, 6) is 1.45. The summed E-state index contributed by atoms with van der Waals surface area (Å²) in [6.45, 7) is 2.98. The van der Waals surface area contributed by atoms with Crippen molar-refractivity contribution in [3.05, 3.63) is 35.4 Å². The molecular weight excluding hydrogens is 388 g/mol. The standard InChI is InChI=1S/C23H29ClN2O3/c24-23-12-17-9-18(13-23)11-22(10-17,15-23)21(28)25-14-16-1-3-19(4-2-16)20(27)26-5-7-29-8-6-26/h1-4,17-18H,5-15H2,(H,25,28)/t17-,18-,22?,23?/m1/s1. The molecule has 29 heavy (non-hydrogen) atoms. The van der Waals surface area contributed by atoms with Crippen LogP contribution in [0.5, 0.6) is 0 Å². The Kier molecular flexibility index (Phi) is 4.86. The molecule has 5 fully saturated rings. The highest BCUT2D eigenvalue weighted by atomic mass is 35.5. The molecule has 4 aliphatic carbocycles. The van der Waals surface area contributed by atoms with Gasteiger partial charge in [-0.15, -0.1) is 11.6 Å². The van der Waals surface area contributed by atoms with Crippen LogP contribution in [-0.2, 0) is 16.1 Å². The van der Waals surface area contributed by atoms with Crippen LogP contribution in [0.15, 0.2) is 24.3 Å². The van der Waals surface area contributed by atoms with Crippen LogP contribution in [-0.4, -0.2) is 47.9 Å². The summed E-state index contributed by atoms with van der Waals surface area (Å²) in [6.07, 6.45) is 6.24. The monoisotopic (exact) mass is 416 g/mol. The fourth-order valence-electron chi connectivity index (χ4n) is 6.50. The molecule has 6 rings (SSSR count). The van der Waals surface area contributed by atoms with E-state index in [1.807, 2.05) is 29.2 Å². The van der Waals surface area contributed by atoms with E-state index in [0.717, 1.165) is 37.7 Å². The summed E-state index contributed by atoms with van der Waals surface area (Å²) in [7, 11) is 0. The molecule has 0 spiro atoms. The van der Waals surface area contributed by atoms with Gasteiger partial charge in [-0.05, 0) is 68.1 Å². The molecule has 1 heterocycles. The summed E-state index contributed by atoms with van der Waals surface area (Å²) >= 11 is 6.87. The minimum atomic E-state index is -0.266. The van der Waals surface area contributed by atoms with Crippen LogP contribution < -0.4 is 5.32 Å². The molecule has 2 atom stereocenters. The molecule has 1 aromatic carbocycles. The van der Waals surface area contributed by atoms with Gasteiger partial charge in [0, 0.05) is 30.1 Å². The molecule has 1 aromatic rings. The first-order valence-corrected chi connectivity index (χ1v) is 11.3. The van der Waals surface area contributed by atoms with E-state index in [2.05, 4.69) is 5.32 Å². The minimum absolute atomic E-state index is 0.0462. The Morgan fingerprint density at radius 2 is 1.72 bits per heavy atom. The van der Waals surface area contributed by atoms with Gasteiger partial charge in [0.2, 0.25) is 5.91 Å². The number of morpholine rings is 1. The minimum Gasteiger partial charge on any atom is -0.378 e. The molecule has 4 saturated carbocycles. The second kappa shape index (κ2) is 7.28. The highest BCUT2D eigenvalue weighted by molar-refractivity contribution is 6.24. The van der Waals surface area contributed by atoms with Crippen molar-refractivity contribution in [1.82, 2.24) is 10.2 Å².